The van der Waals surface area contributed by atoms with Gasteiger partial charge in [0.2, 0.25) is 0 Å². The number of hydrogen-bond acceptors (Lipinski definition) is 4. The molecule has 1 saturated heterocycles. The van der Waals surface area contributed by atoms with E-state index in [1.165, 1.54) is 0 Å². The zero-order chi connectivity index (χ0) is 14.8. The van der Waals surface area contributed by atoms with Gasteiger partial charge in [-0.3, -0.25) is 4.90 Å². The van der Waals surface area contributed by atoms with E-state index < -0.39 is 0 Å². The maximum absolute atomic E-state index is 9.69. The van der Waals surface area contributed by atoms with E-state index in [0.717, 1.165) is 42.0 Å². The lowest BCUT2D eigenvalue weighted by atomic mass is 10.1. The number of aryl methyl sites for hydroxylation is 1. The average Bonchev–Trinajstić information content (AvgIpc) is 2.90. The number of nitrogens with zero attached hydrogens (tertiary/aromatic N) is 3. The Morgan fingerprint density at radius 3 is 3.00 bits per heavy atom. The highest BCUT2D eigenvalue weighted by molar-refractivity contribution is 9.10. The minimum absolute atomic E-state index is 0. The molecule has 3 rings (SSSR count). The summed E-state index contributed by atoms with van der Waals surface area (Å²) >= 11 is 3.57. The molecule has 2 aromatic rings. The topological polar surface area (TPSA) is 53.3 Å². The summed E-state index contributed by atoms with van der Waals surface area (Å²) in [5.74, 6) is 1.37. The van der Waals surface area contributed by atoms with Crippen molar-refractivity contribution in [2.75, 3.05) is 19.6 Å². The highest BCUT2D eigenvalue weighted by atomic mass is 79.9. The van der Waals surface area contributed by atoms with Gasteiger partial charge in [-0.1, -0.05) is 15.9 Å². The van der Waals surface area contributed by atoms with Gasteiger partial charge in [-0.05, 0) is 23.8 Å². The number of phenolic OH excluding ortho intramolecular Hbond substituents is 1. The van der Waals surface area contributed by atoms with Crippen molar-refractivity contribution in [3.8, 4) is 5.75 Å². The maximum atomic E-state index is 9.69. The molecule has 1 aromatic heterocycles. The summed E-state index contributed by atoms with van der Waals surface area (Å²) < 4.78 is 3.10. The molecule has 0 aliphatic carbocycles. The Balaban J connectivity index is 0.00000176. The van der Waals surface area contributed by atoms with Gasteiger partial charge in [0.15, 0.2) is 0 Å². The van der Waals surface area contributed by atoms with Crippen LogP contribution in [0.2, 0.25) is 0 Å². The summed E-state index contributed by atoms with van der Waals surface area (Å²) in [6, 6.07) is 5.65. The SMILES string of the molecule is Cl.Cn1ccnc1C1CNCCN1Cc1cc(O)ccc1Br. The molecule has 0 saturated carbocycles. The van der Waals surface area contributed by atoms with Crippen LogP contribution in [0, 0.1) is 0 Å². The van der Waals surface area contributed by atoms with Gasteiger partial charge in [0.25, 0.3) is 0 Å². The molecular formula is C15H20BrClN4O. The number of halogens is 2. The van der Waals surface area contributed by atoms with Crippen LogP contribution in [0.15, 0.2) is 35.1 Å². The lowest BCUT2D eigenvalue weighted by Gasteiger charge is -2.36. The molecule has 2 heterocycles. The third kappa shape index (κ3) is 3.63. The number of imidazole rings is 1. The van der Waals surface area contributed by atoms with Crippen molar-refractivity contribution >= 4 is 28.3 Å². The second-order valence-corrected chi connectivity index (χ2v) is 6.22. The largest absolute Gasteiger partial charge is 0.508 e. The van der Waals surface area contributed by atoms with Crippen LogP contribution in [0.4, 0.5) is 0 Å². The predicted octanol–water partition coefficient (Wildman–Crippen LogP) is 2.46. The molecule has 7 heteroatoms. The number of aromatic nitrogens is 2. The standard InChI is InChI=1S/C15H19BrN4O.ClH/c1-19-6-5-18-15(19)14-9-17-4-7-20(14)10-11-8-12(21)2-3-13(11)16;/h2-3,5-6,8,14,17,21H,4,7,9-10H2,1H3;1H. The maximum Gasteiger partial charge on any atom is 0.127 e. The van der Waals surface area contributed by atoms with Gasteiger partial charge in [0, 0.05) is 50.1 Å². The lowest BCUT2D eigenvalue weighted by Crippen LogP contribution is -2.46. The van der Waals surface area contributed by atoms with Gasteiger partial charge in [-0.2, -0.15) is 0 Å². The molecule has 1 aromatic carbocycles. The van der Waals surface area contributed by atoms with E-state index in [0.29, 0.717) is 5.75 Å². The molecule has 0 amide bonds. The van der Waals surface area contributed by atoms with E-state index in [-0.39, 0.29) is 18.4 Å². The van der Waals surface area contributed by atoms with Gasteiger partial charge in [0.1, 0.15) is 11.6 Å². The summed E-state index contributed by atoms with van der Waals surface area (Å²) in [6.07, 6.45) is 3.82. The van der Waals surface area contributed by atoms with E-state index in [9.17, 15) is 5.11 Å². The number of benzene rings is 1. The number of piperazine rings is 1. The van der Waals surface area contributed by atoms with Gasteiger partial charge < -0.3 is 15.0 Å². The first kappa shape index (κ1) is 17.3. The Labute approximate surface area is 144 Å². The van der Waals surface area contributed by atoms with Crippen molar-refractivity contribution in [2.24, 2.45) is 7.05 Å². The molecule has 1 unspecified atom stereocenters. The van der Waals surface area contributed by atoms with Crippen molar-refractivity contribution < 1.29 is 5.11 Å². The van der Waals surface area contributed by atoms with Crippen LogP contribution in [0.5, 0.6) is 5.75 Å². The molecule has 1 aliphatic heterocycles. The molecule has 22 heavy (non-hydrogen) atoms. The first-order valence-corrected chi connectivity index (χ1v) is 7.84. The second-order valence-electron chi connectivity index (χ2n) is 5.36. The monoisotopic (exact) mass is 386 g/mol. The molecule has 120 valence electrons. The molecule has 0 bridgehead atoms. The molecule has 0 radical (unpaired) electrons. The molecular weight excluding hydrogens is 368 g/mol. The highest BCUT2D eigenvalue weighted by Crippen LogP contribution is 2.27. The zero-order valence-electron chi connectivity index (χ0n) is 12.4. The predicted molar refractivity (Wildman–Crippen MR) is 92.3 cm³/mol. The van der Waals surface area contributed by atoms with E-state index >= 15 is 0 Å². The van der Waals surface area contributed by atoms with E-state index in [2.05, 4.69) is 35.7 Å². The summed E-state index contributed by atoms with van der Waals surface area (Å²) in [6.45, 7) is 3.60. The fourth-order valence-electron chi connectivity index (χ4n) is 2.79. The Kier molecular flexibility index (Phi) is 5.86. The Morgan fingerprint density at radius 2 is 2.27 bits per heavy atom. The highest BCUT2D eigenvalue weighted by Gasteiger charge is 2.27. The normalized spacial score (nSPS) is 18.9. The lowest BCUT2D eigenvalue weighted by molar-refractivity contribution is 0.144. The van der Waals surface area contributed by atoms with Crippen molar-refractivity contribution in [3.63, 3.8) is 0 Å². The number of phenols is 1. The minimum Gasteiger partial charge on any atom is -0.508 e. The van der Waals surface area contributed by atoms with Crippen molar-refractivity contribution in [3.05, 3.63) is 46.5 Å². The Hall–Kier alpha value is -1.08. The molecule has 5 nitrogen and oxygen atoms in total. The molecule has 1 aliphatic rings. The van der Waals surface area contributed by atoms with Crippen molar-refractivity contribution in [1.82, 2.24) is 19.8 Å². The van der Waals surface area contributed by atoms with Gasteiger partial charge in [0.05, 0.1) is 6.04 Å². The van der Waals surface area contributed by atoms with Crippen LogP contribution in [-0.4, -0.2) is 39.2 Å². The van der Waals surface area contributed by atoms with E-state index in [1.807, 2.05) is 31.6 Å². The third-order valence-corrected chi connectivity index (χ3v) is 4.69. The molecule has 0 spiro atoms. The number of hydrogen-bond donors (Lipinski definition) is 2. The van der Waals surface area contributed by atoms with Crippen LogP contribution < -0.4 is 5.32 Å². The second kappa shape index (κ2) is 7.46. The van der Waals surface area contributed by atoms with Gasteiger partial charge in [-0.15, -0.1) is 12.4 Å². The summed E-state index contributed by atoms with van der Waals surface area (Å²) in [7, 11) is 2.03. The Morgan fingerprint density at radius 1 is 1.45 bits per heavy atom. The van der Waals surface area contributed by atoms with E-state index in [4.69, 9.17) is 0 Å². The third-order valence-electron chi connectivity index (χ3n) is 3.91. The van der Waals surface area contributed by atoms with Crippen LogP contribution >= 0.6 is 28.3 Å². The van der Waals surface area contributed by atoms with Gasteiger partial charge >= 0.3 is 0 Å². The van der Waals surface area contributed by atoms with Crippen molar-refractivity contribution in [2.45, 2.75) is 12.6 Å². The fourth-order valence-corrected chi connectivity index (χ4v) is 3.16. The Bertz CT molecular complexity index is 634. The van der Waals surface area contributed by atoms with Crippen LogP contribution in [0.25, 0.3) is 0 Å². The number of aromatic hydroxyl groups is 1. The number of nitrogens with one attached hydrogen (secondary N) is 1. The summed E-state index contributed by atoms with van der Waals surface area (Å²) in [5, 5.41) is 13.1. The minimum atomic E-state index is 0. The van der Waals surface area contributed by atoms with Crippen LogP contribution in [-0.2, 0) is 13.6 Å². The first-order chi connectivity index (χ1) is 10.1. The first-order valence-electron chi connectivity index (χ1n) is 7.04. The van der Waals surface area contributed by atoms with Gasteiger partial charge in [-0.25, -0.2) is 4.98 Å². The zero-order valence-corrected chi connectivity index (χ0v) is 14.8. The quantitative estimate of drug-likeness (QED) is 0.849. The van der Waals surface area contributed by atoms with Crippen LogP contribution in [0.3, 0.4) is 0 Å². The smallest absolute Gasteiger partial charge is 0.127 e. The molecule has 2 N–H and O–H groups in total. The number of rotatable bonds is 3. The van der Waals surface area contributed by atoms with E-state index in [1.54, 1.807) is 6.07 Å². The molecule has 1 atom stereocenters. The summed E-state index contributed by atoms with van der Waals surface area (Å²) in [5.41, 5.74) is 1.09. The fraction of sp³-hybridized carbons (Fsp3) is 0.400. The molecule has 1 fully saturated rings. The van der Waals surface area contributed by atoms with Crippen molar-refractivity contribution in [1.29, 1.82) is 0 Å². The van der Waals surface area contributed by atoms with Crippen LogP contribution in [0.1, 0.15) is 17.4 Å². The summed E-state index contributed by atoms with van der Waals surface area (Å²) in [4.78, 5) is 6.89. The average molecular weight is 388 g/mol.